The van der Waals surface area contributed by atoms with E-state index in [0.29, 0.717) is 17.4 Å². The molecule has 8 nitrogen and oxygen atoms in total. The minimum Gasteiger partial charge on any atom is -0.457 e. The molecule has 9 heteroatoms. The predicted molar refractivity (Wildman–Crippen MR) is 140 cm³/mol. The summed E-state index contributed by atoms with van der Waals surface area (Å²) in [7, 11) is 1.92. The Morgan fingerprint density at radius 1 is 1.17 bits per heavy atom. The van der Waals surface area contributed by atoms with E-state index in [1.807, 2.05) is 35.9 Å². The second-order valence-electron chi connectivity index (χ2n) is 8.95. The average molecular weight is 494 g/mol. The van der Waals surface area contributed by atoms with Crippen molar-refractivity contribution in [1.29, 1.82) is 0 Å². The number of halogens is 1. The molecule has 1 aliphatic rings. The average Bonchev–Trinajstić information content (AvgIpc) is 3.52. The van der Waals surface area contributed by atoms with Gasteiger partial charge in [0.1, 0.15) is 23.0 Å². The Labute approximate surface area is 211 Å². The molecule has 2 aromatic heterocycles. The number of hydrogen-bond acceptors (Lipinski definition) is 6. The molecule has 0 radical (unpaired) electrons. The number of amides is 1. The second-order valence-corrected chi connectivity index (χ2v) is 8.95. The van der Waals surface area contributed by atoms with Crippen LogP contribution in [0.15, 0.2) is 54.7 Å². The molecule has 0 saturated heterocycles. The lowest BCUT2D eigenvalue weighted by Gasteiger charge is -2.13. The quantitative estimate of drug-likeness (QED) is 0.299. The zero-order chi connectivity index (χ0) is 25.1. The van der Waals surface area contributed by atoms with Crippen molar-refractivity contribution in [2.75, 3.05) is 18.5 Å². The number of aliphatic hydroxyl groups is 1. The summed E-state index contributed by atoms with van der Waals surface area (Å²) in [6.07, 6.45) is 5.85. The molecule has 2 heterocycles. The number of fused-ring (bicyclic) bond motifs is 1. The number of pyridine rings is 1. The van der Waals surface area contributed by atoms with Gasteiger partial charge in [-0.25, -0.2) is 9.37 Å². The number of nitrogens with zero attached hydrogens (tertiary/aromatic N) is 3. The summed E-state index contributed by atoms with van der Waals surface area (Å²) in [5, 5.41) is 14.8. The number of rotatable bonds is 8. The van der Waals surface area contributed by atoms with E-state index < -0.39 is 0 Å². The van der Waals surface area contributed by atoms with Crippen LogP contribution < -0.4 is 15.4 Å². The first-order valence-electron chi connectivity index (χ1n) is 12.1. The summed E-state index contributed by atoms with van der Waals surface area (Å²) < 4.78 is 22.3. The fourth-order valence-corrected chi connectivity index (χ4v) is 4.65. The summed E-state index contributed by atoms with van der Waals surface area (Å²) in [5.74, 6) is 1.40. The van der Waals surface area contributed by atoms with Crippen LogP contribution in [0.1, 0.15) is 50.5 Å². The first-order chi connectivity index (χ1) is 17.5. The predicted octanol–water partition coefficient (Wildman–Crippen LogP) is 5.52. The van der Waals surface area contributed by atoms with Gasteiger partial charge in [0.05, 0.1) is 17.6 Å². The normalized spacial score (nSPS) is 13.8. The highest BCUT2D eigenvalue weighted by molar-refractivity contribution is 5.92. The van der Waals surface area contributed by atoms with Gasteiger partial charge < -0.3 is 25.0 Å². The van der Waals surface area contributed by atoms with Crippen molar-refractivity contribution in [1.82, 2.24) is 19.9 Å². The van der Waals surface area contributed by atoms with Crippen LogP contribution >= 0.6 is 0 Å². The molecule has 0 atom stereocenters. The summed E-state index contributed by atoms with van der Waals surface area (Å²) >= 11 is 0. The molecule has 1 amide bonds. The van der Waals surface area contributed by atoms with Gasteiger partial charge in [-0.05, 0) is 60.7 Å². The number of aromatic nitrogens is 3. The van der Waals surface area contributed by atoms with Gasteiger partial charge in [-0.1, -0.05) is 12.8 Å². The Bertz CT molecular complexity index is 1410. The van der Waals surface area contributed by atoms with Crippen molar-refractivity contribution in [3.8, 4) is 11.5 Å². The number of benzene rings is 2. The lowest BCUT2D eigenvalue weighted by Crippen LogP contribution is -2.27. The number of carbonyl (C=O) groups is 1. The van der Waals surface area contributed by atoms with Crippen molar-refractivity contribution in [3.05, 3.63) is 71.8 Å². The fourth-order valence-electron chi connectivity index (χ4n) is 4.65. The van der Waals surface area contributed by atoms with Gasteiger partial charge in [0.2, 0.25) is 5.95 Å². The molecule has 190 valence electrons. The van der Waals surface area contributed by atoms with Crippen molar-refractivity contribution in [2.45, 2.75) is 31.6 Å². The third kappa shape index (κ3) is 5.01. The van der Waals surface area contributed by atoms with Gasteiger partial charge in [0, 0.05) is 40.5 Å². The number of aliphatic hydroxyl groups excluding tert-OH is 1. The maximum Gasteiger partial charge on any atom is 0.270 e. The van der Waals surface area contributed by atoms with Crippen LogP contribution in [-0.4, -0.2) is 38.7 Å². The van der Waals surface area contributed by atoms with Crippen molar-refractivity contribution in [3.63, 3.8) is 0 Å². The van der Waals surface area contributed by atoms with Crippen LogP contribution in [0.3, 0.4) is 0 Å². The Morgan fingerprint density at radius 2 is 1.97 bits per heavy atom. The lowest BCUT2D eigenvalue weighted by atomic mass is 9.96. The molecule has 1 saturated carbocycles. The maximum atomic E-state index is 14.5. The lowest BCUT2D eigenvalue weighted by molar-refractivity contribution is 0.0939. The molecular weight excluding hydrogens is 461 g/mol. The summed E-state index contributed by atoms with van der Waals surface area (Å²) in [5.41, 5.74) is 3.40. The van der Waals surface area contributed by atoms with E-state index in [-0.39, 0.29) is 39.3 Å². The third-order valence-electron chi connectivity index (χ3n) is 6.50. The van der Waals surface area contributed by atoms with Crippen molar-refractivity contribution >= 4 is 28.6 Å². The van der Waals surface area contributed by atoms with E-state index >= 15 is 0 Å². The largest absolute Gasteiger partial charge is 0.457 e. The SMILES string of the molecule is Cn1c(Nc2ccc(F)c(C3CCCC3)c2)nc2cc(Oc3ccnc(C(=O)NCCO)c3)ccc21.[HH].[HH]. The molecule has 2 aromatic carbocycles. The summed E-state index contributed by atoms with van der Waals surface area (Å²) in [4.78, 5) is 20.9. The standard InChI is InChI=1S/C27H28FN5O3.2H2/c1-33-25-9-7-19(36-20-10-11-29-24(16-20)26(35)30-12-13-34)15-23(25)32-27(33)31-18-6-8-22(28)21(14-18)17-4-2-3-5-17;;/h6-11,14-17,34H,2-5,12-13H2,1H3,(H,30,35)(H,31,32);2*1H. The fraction of sp³-hybridized carbons (Fsp3) is 0.296. The third-order valence-corrected chi connectivity index (χ3v) is 6.50. The van der Waals surface area contributed by atoms with Gasteiger partial charge in [0.15, 0.2) is 0 Å². The van der Waals surface area contributed by atoms with E-state index in [9.17, 15) is 9.18 Å². The number of aryl methyl sites for hydroxylation is 1. The number of imidazole rings is 1. The van der Waals surface area contributed by atoms with E-state index in [2.05, 4.69) is 15.6 Å². The minimum atomic E-state index is -0.387. The highest BCUT2D eigenvalue weighted by atomic mass is 19.1. The summed E-state index contributed by atoms with van der Waals surface area (Å²) in [6.45, 7) is 0.00380. The van der Waals surface area contributed by atoms with Gasteiger partial charge in [-0.3, -0.25) is 9.78 Å². The van der Waals surface area contributed by atoms with Crippen LogP contribution in [0.25, 0.3) is 11.0 Å². The van der Waals surface area contributed by atoms with Crippen LogP contribution in [0.2, 0.25) is 0 Å². The smallest absolute Gasteiger partial charge is 0.270 e. The van der Waals surface area contributed by atoms with Gasteiger partial charge in [-0.2, -0.15) is 0 Å². The molecule has 1 aliphatic carbocycles. The molecule has 3 N–H and O–H groups in total. The van der Waals surface area contributed by atoms with E-state index in [0.717, 1.165) is 48.0 Å². The molecule has 0 spiro atoms. The van der Waals surface area contributed by atoms with Crippen molar-refractivity contribution < 1.29 is 21.9 Å². The van der Waals surface area contributed by atoms with E-state index in [1.54, 1.807) is 18.2 Å². The molecule has 36 heavy (non-hydrogen) atoms. The van der Waals surface area contributed by atoms with Gasteiger partial charge in [0.25, 0.3) is 5.91 Å². The highest BCUT2D eigenvalue weighted by Gasteiger charge is 2.21. The molecule has 5 rings (SSSR count). The van der Waals surface area contributed by atoms with E-state index in [4.69, 9.17) is 14.8 Å². The Kier molecular flexibility index (Phi) is 6.81. The first-order valence-corrected chi connectivity index (χ1v) is 12.1. The Balaban J connectivity index is 0.00000200. The zero-order valence-electron chi connectivity index (χ0n) is 20.0. The second kappa shape index (κ2) is 10.3. The van der Waals surface area contributed by atoms with Crippen molar-refractivity contribution in [2.24, 2.45) is 7.05 Å². The number of anilines is 2. The molecular formula is C27H32FN5O3. The van der Waals surface area contributed by atoms with Crippen LogP contribution in [0.5, 0.6) is 11.5 Å². The monoisotopic (exact) mass is 493 g/mol. The van der Waals surface area contributed by atoms with Crippen LogP contribution in [0.4, 0.5) is 16.0 Å². The Morgan fingerprint density at radius 3 is 2.78 bits per heavy atom. The molecule has 4 aromatic rings. The van der Waals surface area contributed by atoms with Crippen LogP contribution in [0, 0.1) is 5.82 Å². The molecule has 1 fully saturated rings. The number of ether oxygens (including phenoxy) is 1. The molecule has 0 bridgehead atoms. The number of hydrogen-bond donors (Lipinski definition) is 3. The number of nitrogens with one attached hydrogen (secondary N) is 2. The maximum absolute atomic E-state index is 14.5. The molecule has 0 unspecified atom stereocenters. The topological polar surface area (TPSA) is 101 Å². The van der Waals surface area contributed by atoms with Crippen LogP contribution in [-0.2, 0) is 7.05 Å². The highest BCUT2D eigenvalue weighted by Crippen LogP contribution is 2.37. The van der Waals surface area contributed by atoms with E-state index in [1.165, 1.54) is 12.3 Å². The summed E-state index contributed by atoms with van der Waals surface area (Å²) in [6, 6.07) is 13.9. The van der Waals surface area contributed by atoms with Gasteiger partial charge in [-0.15, -0.1) is 0 Å². The zero-order valence-corrected chi connectivity index (χ0v) is 20.0. The minimum absolute atomic E-state index is 0. The number of carbonyl (C=O) groups excluding carboxylic acids is 1. The molecule has 0 aliphatic heterocycles. The Hall–Kier alpha value is -3.98. The first kappa shape index (κ1) is 23.7. The van der Waals surface area contributed by atoms with Gasteiger partial charge >= 0.3 is 0 Å².